The van der Waals surface area contributed by atoms with Crippen molar-refractivity contribution < 1.29 is 9.84 Å². The quantitative estimate of drug-likeness (QED) is 0.753. The molecule has 0 spiro atoms. The van der Waals surface area contributed by atoms with Crippen LogP contribution in [0.1, 0.15) is 11.3 Å². The van der Waals surface area contributed by atoms with Crippen LogP contribution in [0.25, 0.3) is 0 Å². The van der Waals surface area contributed by atoms with E-state index in [0.29, 0.717) is 13.2 Å². The lowest BCUT2D eigenvalue weighted by Gasteiger charge is -2.18. The van der Waals surface area contributed by atoms with Gasteiger partial charge in [0.25, 0.3) is 0 Å². The predicted molar refractivity (Wildman–Crippen MR) is 48.4 cm³/mol. The molecule has 1 atom stereocenters. The standard InChI is InChI=1S/C9H12O2S/c10-9(3-4-11-7-9)6-8-2-1-5-12-8/h1-2,5,10H,3-4,6-7H2. The number of thiophene rings is 1. The molecule has 1 fully saturated rings. The summed E-state index contributed by atoms with van der Waals surface area (Å²) in [5.41, 5.74) is -0.592. The summed E-state index contributed by atoms with van der Waals surface area (Å²) in [6.45, 7) is 1.19. The zero-order chi connectivity index (χ0) is 8.44. The Labute approximate surface area is 75.8 Å². The molecule has 2 heterocycles. The van der Waals surface area contributed by atoms with Crippen molar-refractivity contribution in [1.82, 2.24) is 0 Å². The van der Waals surface area contributed by atoms with Crippen LogP contribution in [0.3, 0.4) is 0 Å². The lowest BCUT2D eigenvalue weighted by Crippen LogP contribution is -2.31. The normalized spacial score (nSPS) is 29.4. The Bertz CT molecular complexity index is 237. The Morgan fingerprint density at radius 1 is 1.67 bits per heavy atom. The fourth-order valence-corrected chi connectivity index (χ4v) is 2.31. The van der Waals surface area contributed by atoms with Crippen LogP contribution >= 0.6 is 11.3 Å². The van der Waals surface area contributed by atoms with E-state index in [1.807, 2.05) is 11.4 Å². The van der Waals surface area contributed by atoms with Crippen molar-refractivity contribution in [1.29, 1.82) is 0 Å². The number of aliphatic hydroxyl groups is 1. The average Bonchev–Trinajstić information content (AvgIpc) is 2.62. The van der Waals surface area contributed by atoms with Gasteiger partial charge in [-0.3, -0.25) is 0 Å². The van der Waals surface area contributed by atoms with Gasteiger partial charge < -0.3 is 9.84 Å². The van der Waals surface area contributed by atoms with Crippen LogP contribution in [0.4, 0.5) is 0 Å². The molecule has 1 aromatic heterocycles. The van der Waals surface area contributed by atoms with E-state index in [9.17, 15) is 5.11 Å². The summed E-state index contributed by atoms with van der Waals surface area (Å²) < 4.78 is 5.16. The van der Waals surface area contributed by atoms with Crippen molar-refractivity contribution in [2.24, 2.45) is 0 Å². The molecule has 0 radical (unpaired) electrons. The molecule has 1 saturated heterocycles. The molecule has 0 aliphatic carbocycles. The molecule has 0 aromatic carbocycles. The second-order valence-electron chi connectivity index (χ2n) is 3.28. The molecular weight excluding hydrogens is 172 g/mol. The third kappa shape index (κ3) is 1.68. The first kappa shape index (κ1) is 8.23. The highest BCUT2D eigenvalue weighted by Gasteiger charge is 2.32. The van der Waals surface area contributed by atoms with E-state index in [4.69, 9.17) is 4.74 Å². The summed E-state index contributed by atoms with van der Waals surface area (Å²) in [5.74, 6) is 0. The van der Waals surface area contributed by atoms with E-state index < -0.39 is 5.60 Å². The molecular formula is C9H12O2S. The van der Waals surface area contributed by atoms with Gasteiger partial charge in [0.05, 0.1) is 12.2 Å². The largest absolute Gasteiger partial charge is 0.387 e. The zero-order valence-corrected chi connectivity index (χ0v) is 7.64. The van der Waals surface area contributed by atoms with Crippen molar-refractivity contribution >= 4 is 11.3 Å². The molecule has 1 unspecified atom stereocenters. The van der Waals surface area contributed by atoms with Crippen LogP contribution in [0.15, 0.2) is 17.5 Å². The SMILES string of the molecule is OC1(Cc2cccs2)CCOC1. The summed E-state index contributed by atoms with van der Waals surface area (Å²) in [5, 5.41) is 12.0. The highest BCUT2D eigenvalue weighted by Crippen LogP contribution is 2.25. The smallest absolute Gasteiger partial charge is 0.0949 e. The Kier molecular flexibility index (Phi) is 2.17. The molecule has 2 nitrogen and oxygen atoms in total. The van der Waals surface area contributed by atoms with Crippen molar-refractivity contribution in [2.45, 2.75) is 18.4 Å². The number of hydrogen-bond acceptors (Lipinski definition) is 3. The van der Waals surface area contributed by atoms with Gasteiger partial charge in [-0.05, 0) is 11.4 Å². The number of rotatable bonds is 2. The minimum atomic E-state index is -0.592. The van der Waals surface area contributed by atoms with E-state index >= 15 is 0 Å². The van der Waals surface area contributed by atoms with Gasteiger partial charge >= 0.3 is 0 Å². The Balaban J connectivity index is 2.02. The molecule has 1 aromatic rings. The maximum atomic E-state index is 9.94. The summed E-state index contributed by atoms with van der Waals surface area (Å²) in [7, 11) is 0. The molecule has 12 heavy (non-hydrogen) atoms. The maximum absolute atomic E-state index is 9.94. The van der Waals surface area contributed by atoms with Crippen LogP contribution < -0.4 is 0 Å². The first-order valence-corrected chi connectivity index (χ1v) is 4.99. The minimum absolute atomic E-state index is 0.491. The van der Waals surface area contributed by atoms with Crippen molar-refractivity contribution in [3.63, 3.8) is 0 Å². The summed E-state index contributed by atoms with van der Waals surface area (Å²) in [6, 6.07) is 4.07. The predicted octanol–water partition coefficient (Wildman–Crippen LogP) is 1.44. The third-order valence-corrected chi connectivity index (χ3v) is 3.04. The molecule has 2 rings (SSSR count). The van der Waals surface area contributed by atoms with E-state index in [1.54, 1.807) is 11.3 Å². The molecule has 3 heteroatoms. The van der Waals surface area contributed by atoms with Crippen LogP contribution in [0, 0.1) is 0 Å². The van der Waals surface area contributed by atoms with Gasteiger partial charge in [-0.25, -0.2) is 0 Å². The van der Waals surface area contributed by atoms with Gasteiger partial charge in [-0.1, -0.05) is 6.07 Å². The monoisotopic (exact) mass is 184 g/mol. The van der Waals surface area contributed by atoms with Gasteiger partial charge in [0, 0.05) is 24.3 Å². The highest BCUT2D eigenvalue weighted by atomic mass is 32.1. The highest BCUT2D eigenvalue weighted by molar-refractivity contribution is 7.09. The van der Waals surface area contributed by atoms with Gasteiger partial charge in [0.1, 0.15) is 0 Å². The van der Waals surface area contributed by atoms with Gasteiger partial charge in [-0.15, -0.1) is 11.3 Å². The Morgan fingerprint density at radius 2 is 2.58 bits per heavy atom. The van der Waals surface area contributed by atoms with Crippen LogP contribution in [-0.2, 0) is 11.2 Å². The number of ether oxygens (including phenoxy) is 1. The summed E-state index contributed by atoms with van der Waals surface area (Å²) in [6.07, 6.45) is 1.51. The first-order chi connectivity index (χ1) is 5.79. The summed E-state index contributed by atoms with van der Waals surface area (Å²) in [4.78, 5) is 1.24. The lowest BCUT2D eigenvalue weighted by molar-refractivity contribution is 0.0277. The topological polar surface area (TPSA) is 29.5 Å². The van der Waals surface area contributed by atoms with Gasteiger partial charge in [-0.2, -0.15) is 0 Å². The van der Waals surface area contributed by atoms with E-state index in [1.165, 1.54) is 4.88 Å². The fourth-order valence-electron chi connectivity index (χ4n) is 1.47. The van der Waals surface area contributed by atoms with Crippen LogP contribution in [-0.4, -0.2) is 23.9 Å². The molecule has 0 bridgehead atoms. The third-order valence-electron chi connectivity index (χ3n) is 2.17. The van der Waals surface area contributed by atoms with Crippen LogP contribution in [0.5, 0.6) is 0 Å². The van der Waals surface area contributed by atoms with Crippen molar-refractivity contribution in [3.05, 3.63) is 22.4 Å². The molecule has 1 aliphatic heterocycles. The molecule has 66 valence electrons. The minimum Gasteiger partial charge on any atom is -0.387 e. The molecule has 0 amide bonds. The van der Waals surface area contributed by atoms with Gasteiger partial charge in [0.2, 0.25) is 0 Å². The van der Waals surface area contributed by atoms with Crippen LogP contribution in [0.2, 0.25) is 0 Å². The zero-order valence-electron chi connectivity index (χ0n) is 6.82. The Hall–Kier alpha value is -0.380. The first-order valence-electron chi connectivity index (χ1n) is 4.11. The average molecular weight is 184 g/mol. The van der Waals surface area contributed by atoms with Gasteiger partial charge in [0.15, 0.2) is 0 Å². The van der Waals surface area contributed by atoms with E-state index in [2.05, 4.69) is 6.07 Å². The molecule has 1 aliphatic rings. The van der Waals surface area contributed by atoms with E-state index in [0.717, 1.165) is 12.8 Å². The fraction of sp³-hybridized carbons (Fsp3) is 0.556. The van der Waals surface area contributed by atoms with Crippen molar-refractivity contribution in [3.8, 4) is 0 Å². The van der Waals surface area contributed by atoms with Crippen molar-refractivity contribution in [2.75, 3.05) is 13.2 Å². The molecule has 0 saturated carbocycles. The second-order valence-corrected chi connectivity index (χ2v) is 4.32. The Morgan fingerprint density at radius 3 is 3.17 bits per heavy atom. The maximum Gasteiger partial charge on any atom is 0.0949 e. The summed E-state index contributed by atoms with van der Waals surface area (Å²) >= 11 is 1.69. The lowest BCUT2D eigenvalue weighted by atomic mass is 9.98. The molecule has 1 N–H and O–H groups in total. The second kappa shape index (κ2) is 3.17. The number of hydrogen-bond donors (Lipinski definition) is 1. The van der Waals surface area contributed by atoms with E-state index in [-0.39, 0.29) is 0 Å².